The Morgan fingerprint density at radius 2 is 2.27 bits per heavy atom. The van der Waals surface area contributed by atoms with Crippen molar-refractivity contribution in [2.24, 2.45) is 0 Å². The van der Waals surface area contributed by atoms with Crippen molar-refractivity contribution in [3.63, 3.8) is 0 Å². The van der Waals surface area contributed by atoms with Crippen molar-refractivity contribution in [3.05, 3.63) is 0 Å². The molecule has 0 bridgehead atoms. The van der Waals surface area contributed by atoms with Gasteiger partial charge in [-0.1, -0.05) is 13.3 Å². The molecule has 0 aliphatic heterocycles. The number of hydrogen-bond donors (Lipinski definition) is 0. The van der Waals surface area contributed by atoms with Crippen LogP contribution in [0.15, 0.2) is 0 Å². The van der Waals surface area contributed by atoms with Gasteiger partial charge in [0.05, 0.1) is 0 Å². The molecule has 0 saturated heterocycles. The molecular formula is C8H14O3. The van der Waals surface area contributed by atoms with E-state index >= 15 is 0 Å². The number of carbonyl (C=O) groups is 2. The van der Waals surface area contributed by atoms with Gasteiger partial charge in [-0.25, -0.2) is 0 Å². The topological polar surface area (TPSA) is 43.4 Å². The lowest BCUT2D eigenvalue weighted by atomic mass is 10.3. The molecule has 0 aliphatic rings. The van der Waals surface area contributed by atoms with Gasteiger partial charge in [0, 0.05) is 6.61 Å². The minimum atomic E-state index is -0.570. The molecule has 0 fully saturated rings. The van der Waals surface area contributed by atoms with Crippen LogP contribution in [-0.4, -0.2) is 24.8 Å². The number of ketones is 1. The molecule has 0 amide bonds. The first-order valence-corrected chi connectivity index (χ1v) is 3.83. The Bertz CT molecular complexity index is 131. The summed E-state index contributed by atoms with van der Waals surface area (Å²) in [5, 5.41) is 0. The van der Waals surface area contributed by atoms with Gasteiger partial charge in [0.15, 0.2) is 6.29 Å². The molecule has 0 aromatic rings. The van der Waals surface area contributed by atoms with Crippen LogP contribution in [0.1, 0.15) is 26.7 Å². The molecular weight excluding hydrogens is 144 g/mol. The summed E-state index contributed by atoms with van der Waals surface area (Å²) in [6.45, 7) is 4.18. The van der Waals surface area contributed by atoms with Crippen molar-refractivity contribution in [3.8, 4) is 0 Å². The van der Waals surface area contributed by atoms with Crippen molar-refractivity contribution in [1.29, 1.82) is 0 Å². The average Bonchev–Trinajstić information content (AvgIpc) is 2.03. The monoisotopic (exact) mass is 158 g/mol. The third-order valence-electron chi connectivity index (χ3n) is 1.38. The maximum Gasteiger partial charge on any atom is 0.223 e. The quantitative estimate of drug-likeness (QED) is 0.328. The first kappa shape index (κ1) is 10.3. The second-order valence-corrected chi connectivity index (χ2v) is 2.39. The van der Waals surface area contributed by atoms with Gasteiger partial charge in [0.2, 0.25) is 5.78 Å². The van der Waals surface area contributed by atoms with Crippen molar-refractivity contribution in [1.82, 2.24) is 0 Å². The second kappa shape index (κ2) is 6.04. The standard InChI is InChI=1S/C8H14O3/c1-3-4-5-11-7(2)8(10)6-9/h6-7H,3-5H2,1-2H3. The van der Waals surface area contributed by atoms with Crippen LogP contribution in [0.3, 0.4) is 0 Å². The molecule has 0 N–H and O–H groups in total. The highest BCUT2D eigenvalue weighted by molar-refractivity contribution is 6.26. The molecule has 11 heavy (non-hydrogen) atoms. The summed E-state index contributed by atoms with van der Waals surface area (Å²) in [6, 6.07) is 0. The number of carbonyl (C=O) groups excluding carboxylic acids is 2. The van der Waals surface area contributed by atoms with E-state index in [4.69, 9.17) is 4.74 Å². The van der Waals surface area contributed by atoms with Crippen LogP contribution >= 0.6 is 0 Å². The molecule has 0 rings (SSSR count). The molecule has 0 heterocycles. The van der Waals surface area contributed by atoms with Gasteiger partial charge in [-0.3, -0.25) is 9.59 Å². The van der Waals surface area contributed by atoms with Gasteiger partial charge in [-0.2, -0.15) is 0 Å². The van der Waals surface area contributed by atoms with Crippen LogP contribution < -0.4 is 0 Å². The van der Waals surface area contributed by atoms with Gasteiger partial charge in [0.1, 0.15) is 6.10 Å². The Morgan fingerprint density at radius 3 is 2.73 bits per heavy atom. The lowest BCUT2D eigenvalue weighted by molar-refractivity contribution is -0.137. The van der Waals surface area contributed by atoms with Crippen LogP contribution in [0.25, 0.3) is 0 Å². The number of Topliss-reactive ketones (excluding diaryl/α,β-unsaturated/α-hetero) is 1. The molecule has 0 spiro atoms. The lowest BCUT2D eigenvalue weighted by Gasteiger charge is -2.06. The van der Waals surface area contributed by atoms with Crippen molar-refractivity contribution >= 4 is 12.1 Å². The second-order valence-electron chi connectivity index (χ2n) is 2.39. The van der Waals surface area contributed by atoms with E-state index in [1.54, 1.807) is 6.92 Å². The Balaban J connectivity index is 3.43. The predicted octanol–water partition coefficient (Wildman–Crippen LogP) is 0.960. The normalized spacial score (nSPS) is 12.5. The zero-order chi connectivity index (χ0) is 8.69. The first-order valence-electron chi connectivity index (χ1n) is 3.83. The van der Waals surface area contributed by atoms with E-state index < -0.39 is 11.9 Å². The Morgan fingerprint density at radius 1 is 1.64 bits per heavy atom. The van der Waals surface area contributed by atoms with Crippen molar-refractivity contribution in [2.45, 2.75) is 32.8 Å². The zero-order valence-electron chi connectivity index (χ0n) is 7.00. The molecule has 0 saturated carbocycles. The summed E-state index contributed by atoms with van der Waals surface area (Å²) < 4.78 is 5.05. The highest BCUT2D eigenvalue weighted by Crippen LogP contribution is 1.94. The van der Waals surface area contributed by atoms with E-state index in [0.717, 1.165) is 12.8 Å². The molecule has 0 aliphatic carbocycles. The summed E-state index contributed by atoms with van der Waals surface area (Å²) in [4.78, 5) is 20.6. The highest BCUT2D eigenvalue weighted by atomic mass is 16.5. The first-order chi connectivity index (χ1) is 5.22. The van der Waals surface area contributed by atoms with Crippen molar-refractivity contribution in [2.75, 3.05) is 6.61 Å². The van der Waals surface area contributed by atoms with Gasteiger partial charge in [-0.15, -0.1) is 0 Å². The molecule has 0 aromatic heterocycles. The highest BCUT2D eigenvalue weighted by Gasteiger charge is 2.10. The van der Waals surface area contributed by atoms with E-state index in [1.807, 2.05) is 6.92 Å². The van der Waals surface area contributed by atoms with E-state index in [0.29, 0.717) is 12.9 Å². The molecule has 1 unspecified atom stereocenters. The van der Waals surface area contributed by atoms with Crippen LogP contribution in [0.4, 0.5) is 0 Å². The van der Waals surface area contributed by atoms with E-state index in [1.165, 1.54) is 0 Å². The van der Waals surface area contributed by atoms with Gasteiger partial charge >= 0.3 is 0 Å². The molecule has 1 atom stereocenters. The fourth-order valence-electron chi connectivity index (χ4n) is 0.582. The van der Waals surface area contributed by atoms with E-state index in [2.05, 4.69) is 0 Å². The Labute approximate surface area is 66.7 Å². The SMILES string of the molecule is CCCCOC(C)C(=O)C=O. The largest absolute Gasteiger partial charge is 0.370 e. The number of ether oxygens (including phenoxy) is 1. The smallest absolute Gasteiger partial charge is 0.223 e. The summed E-state index contributed by atoms with van der Waals surface area (Å²) >= 11 is 0. The third-order valence-corrected chi connectivity index (χ3v) is 1.38. The number of hydrogen-bond acceptors (Lipinski definition) is 3. The summed E-state index contributed by atoms with van der Waals surface area (Å²) in [5.41, 5.74) is 0. The molecule has 3 nitrogen and oxygen atoms in total. The predicted molar refractivity (Wildman–Crippen MR) is 41.4 cm³/mol. The fourth-order valence-corrected chi connectivity index (χ4v) is 0.582. The summed E-state index contributed by atoms with van der Waals surface area (Å²) in [7, 11) is 0. The van der Waals surface area contributed by atoms with Gasteiger partial charge in [-0.05, 0) is 13.3 Å². The van der Waals surface area contributed by atoms with Crippen LogP contribution in [0.5, 0.6) is 0 Å². The molecule has 64 valence electrons. The van der Waals surface area contributed by atoms with Crippen molar-refractivity contribution < 1.29 is 14.3 Å². The molecule has 0 radical (unpaired) electrons. The Hall–Kier alpha value is -0.700. The maximum absolute atomic E-state index is 10.6. The van der Waals surface area contributed by atoms with Crippen LogP contribution in [-0.2, 0) is 14.3 Å². The summed E-state index contributed by atoms with van der Waals surface area (Å²) in [6.07, 6.45) is 1.69. The zero-order valence-corrected chi connectivity index (χ0v) is 7.00. The third kappa shape index (κ3) is 4.67. The fraction of sp³-hybridized carbons (Fsp3) is 0.750. The number of unbranched alkanes of at least 4 members (excludes halogenated alkanes) is 1. The van der Waals surface area contributed by atoms with Crippen LogP contribution in [0, 0.1) is 0 Å². The maximum atomic E-state index is 10.6. The number of aldehydes is 1. The molecule has 3 heteroatoms. The van der Waals surface area contributed by atoms with E-state index in [9.17, 15) is 9.59 Å². The van der Waals surface area contributed by atoms with Gasteiger partial charge < -0.3 is 4.74 Å². The van der Waals surface area contributed by atoms with Crippen LogP contribution in [0.2, 0.25) is 0 Å². The Kier molecular flexibility index (Phi) is 5.65. The van der Waals surface area contributed by atoms with E-state index in [-0.39, 0.29) is 0 Å². The minimum Gasteiger partial charge on any atom is -0.370 e. The average molecular weight is 158 g/mol. The minimum absolute atomic E-state index is 0.302. The summed E-state index contributed by atoms with van der Waals surface area (Å²) in [5.74, 6) is -0.485. The molecule has 0 aromatic carbocycles. The lowest BCUT2D eigenvalue weighted by Crippen LogP contribution is -2.21. The van der Waals surface area contributed by atoms with Gasteiger partial charge in [0.25, 0.3) is 0 Å². The number of rotatable bonds is 6.